The lowest BCUT2D eigenvalue weighted by Crippen LogP contribution is -2.53. The second kappa shape index (κ2) is 18.1. The van der Waals surface area contributed by atoms with Crippen molar-refractivity contribution in [2.45, 2.75) is 97.6 Å². The van der Waals surface area contributed by atoms with E-state index >= 15 is 0 Å². The van der Waals surface area contributed by atoms with Crippen LogP contribution in [0.3, 0.4) is 0 Å². The number of benzene rings is 1. The number of amides is 2. The van der Waals surface area contributed by atoms with Crippen molar-refractivity contribution in [3.05, 3.63) is 56.9 Å². The van der Waals surface area contributed by atoms with Gasteiger partial charge in [0, 0.05) is 16.5 Å². The van der Waals surface area contributed by atoms with E-state index in [2.05, 4.69) is 16.0 Å². The summed E-state index contributed by atoms with van der Waals surface area (Å²) in [5, 5.41) is 19.5. The normalized spacial score (nSPS) is 16.7. The molecule has 16 heteroatoms. The number of aromatic hydroxyl groups is 1. The molecule has 0 saturated carbocycles. The Balaban J connectivity index is 1.35. The third-order valence-corrected chi connectivity index (χ3v) is 10.2. The topological polar surface area (TPSA) is 213 Å². The molecule has 4 heterocycles. The predicted octanol–water partition coefficient (Wildman–Crippen LogP) is 3.13. The first-order chi connectivity index (χ1) is 26.7. The minimum atomic E-state index is -2.01. The summed E-state index contributed by atoms with van der Waals surface area (Å²) in [5.41, 5.74) is 1.33. The van der Waals surface area contributed by atoms with E-state index in [1.54, 1.807) is 35.8 Å². The van der Waals surface area contributed by atoms with Gasteiger partial charge in [-0.15, -0.1) is 0 Å². The van der Waals surface area contributed by atoms with Gasteiger partial charge in [0.05, 0.1) is 35.1 Å². The number of rotatable bonds is 18. The summed E-state index contributed by atoms with van der Waals surface area (Å²) in [6.07, 6.45) is 1.02. The molecule has 0 aliphatic carbocycles. The maximum Gasteiger partial charge on any atom is 0.509 e. The first-order valence-electron chi connectivity index (χ1n) is 19.0. The molecular weight excluding hydrogens is 726 g/mol. The molecule has 56 heavy (non-hydrogen) atoms. The second-order valence-electron chi connectivity index (χ2n) is 14.5. The van der Waals surface area contributed by atoms with Crippen LogP contribution in [0.1, 0.15) is 82.6 Å². The third kappa shape index (κ3) is 8.86. The van der Waals surface area contributed by atoms with Gasteiger partial charge < -0.3 is 44.6 Å². The molecular formula is C40H51N5O11. The standard InChI is InChI=1S/C40H51N5O11/c1-7-25-26-15-24(47)12-13-30(26)43-35-27(25)17-45-33(35)16-29-28(37(45)50)19-54-38(51)40(29,8-2)56-39(52)55-20-32(22(3)4)44-36(49)31(11-9-10-14-41-6)42-34(48)21-53-18-23(5)46/h12-13,15-16,22,31-32,41,47H,7-11,14,17-21H2,1-6H3,(H,42,48)(H,44,49). The van der Waals surface area contributed by atoms with Crippen LogP contribution in [-0.2, 0) is 63.3 Å². The fourth-order valence-electron chi connectivity index (χ4n) is 7.17. The van der Waals surface area contributed by atoms with Crippen LogP contribution >= 0.6 is 0 Å². The van der Waals surface area contributed by atoms with Crippen LogP contribution in [0.5, 0.6) is 5.75 Å². The molecule has 1 aromatic carbocycles. The Kier molecular flexibility index (Phi) is 13.5. The minimum Gasteiger partial charge on any atom is -0.508 e. The van der Waals surface area contributed by atoms with Gasteiger partial charge in [0.2, 0.25) is 17.4 Å². The number of nitrogens with one attached hydrogen (secondary N) is 3. The van der Waals surface area contributed by atoms with Crippen LogP contribution in [0.15, 0.2) is 29.1 Å². The number of Topliss-reactive ketones (excluding diaryl/α,β-unsaturated/α-hetero) is 1. The fourth-order valence-corrected chi connectivity index (χ4v) is 7.17. The zero-order valence-corrected chi connectivity index (χ0v) is 32.7. The number of pyridine rings is 2. The Bertz CT molecular complexity index is 2060. The molecule has 0 fully saturated rings. The number of nitrogens with zero attached hydrogens (tertiary/aromatic N) is 2. The lowest BCUT2D eigenvalue weighted by molar-refractivity contribution is -0.175. The third-order valence-electron chi connectivity index (χ3n) is 10.2. The van der Waals surface area contributed by atoms with Crippen molar-refractivity contribution in [3.63, 3.8) is 0 Å². The fraction of sp³-hybridized carbons (Fsp3) is 0.525. The molecule has 2 aromatic heterocycles. The SMILES string of the molecule is CCc1c2c(nc3ccc(O)cc13)-c1cc3c(c(=O)n1C2)COC(=O)C3(CC)OC(=O)OCC(NC(=O)C(CCCCNC)NC(=O)COCC(C)=O)C(C)C. The highest BCUT2D eigenvalue weighted by Gasteiger charge is 2.51. The summed E-state index contributed by atoms with van der Waals surface area (Å²) in [4.78, 5) is 83.2. The number of hydrogen-bond acceptors (Lipinski definition) is 13. The van der Waals surface area contributed by atoms with Gasteiger partial charge >= 0.3 is 12.1 Å². The van der Waals surface area contributed by atoms with Gasteiger partial charge in [-0.2, -0.15) is 0 Å². The molecule has 2 aliphatic rings. The number of phenols is 1. The molecule has 0 radical (unpaired) electrons. The molecule has 16 nitrogen and oxygen atoms in total. The van der Waals surface area contributed by atoms with Crippen LogP contribution in [0.2, 0.25) is 0 Å². The van der Waals surface area contributed by atoms with Crippen molar-refractivity contribution < 1.29 is 48.0 Å². The molecule has 3 atom stereocenters. The van der Waals surface area contributed by atoms with Gasteiger partial charge in [0.15, 0.2) is 5.78 Å². The molecule has 0 saturated heterocycles. The monoisotopic (exact) mass is 777 g/mol. The Morgan fingerprint density at radius 1 is 1.05 bits per heavy atom. The molecule has 0 spiro atoms. The van der Waals surface area contributed by atoms with Crippen LogP contribution in [-0.4, -0.2) is 89.9 Å². The zero-order valence-electron chi connectivity index (χ0n) is 32.7. The van der Waals surface area contributed by atoms with E-state index in [1.807, 2.05) is 27.8 Å². The Labute approximate surface area is 324 Å². The zero-order chi connectivity index (χ0) is 40.7. The van der Waals surface area contributed by atoms with Crippen molar-refractivity contribution in [1.29, 1.82) is 0 Å². The summed E-state index contributed by atoms with van der Waals surface area (Å²) < 4.78 is 23.5. The summed E-state index contributed by atoms with van der Waals surface area (Å²) in [6, 6.07) is 4.92. The van der Waals surface area contributed by atoms with Gasteiger partial charge in [-0.1, -0.05) is 27.7 Å². The van der Waals surface area contributed by atoms with Crippen molar-refractivity contribution >= 4 is 40.6 Å². The predicted molar refractivity (Wildman–Crippen MR) is 204 cm³/mol. The first-order valence-corrected chi connectivity index (χ1v) is 19.0. The van der Waals surface area contributed by atoms with E-state index in [0.717, 1.165) is 29.5 Å². The number of aromatic nitrogens is 2. The number of cyclic esters (lactones) is 1. The summed E-state index contributed by atoms with van der Waals surface area (Å²) >= 11 is 0. The number of esters is 1. The summed E-state index contributed by atoms with van der Waals surface area (Å²) in [7, 11) is 1.81. The Morgan fingerprint density at radius 3 is 2.50 bits per heavy atom. The van der Waals surface area contributed by atoms with Gasteiger partial charge in [-0.25, -0.2) is 14.6 Å². The molecule has 3 aromatic rings. The van der Waals surface area contributed by atoms with Crippen molar-refractivity contribution in [3.8, 4) is 17.1 Å². The van der Waals surface area contributed by atoms with E-state index in [1.165, 1.54) is 6.92 Å². The van der Waals surface area contributed by atoms with E-state index in [-0.39, 0.29) is 61.4 Å². The number of aryl methyl sites for hydroxylation is 1. The molecule has 2 amide bonds. The van der Waals surface area contributed by atoms with E-state index in [0.29, 0.717) is 36.2 Å². The molecule has 4 N–H and O–H groups in total. The molecule has 302 valence electrons. The Hall–Kier alpha value is -5.35. The quantitative estimate of drug-likeness (QED) is 0.0846. The largest absolute Gasteiger partial charge is 0.509 e. The molecule has 0 bridgehead atoms. The van der Waals surface area contributed by atoms with Gasteiger partial charge in [-0.05, 0) is 88.4 Å². The highest BCUT2D eigenvalue weighted by molar-refractivity contribution is 5.91. The average molecular weight is 778 g/mol. The highest BCUT2D eigenvalue weighted by Crippen LogP contribution is 2.42. The molecule has 5 rings (SSSR count). The van der Waals surface area contributed by atoms with E-state index < -0.39 is 53.8 Å². The van der Waals surface area contributed by atoms with Crippen molar-refractivity contribution in [2.24, 2.45) is 5.92 Å². The van der Waals surface area contributed by atoms with Crippen molar-refractivity contribution in [2.75, 3.05) is 33.4 Å². The van der Waals surface area contributed by atoms with Crippen LogP contribution in [0.25, 0.3) is 22.3 Å². The number of ether oxygens (including phenoxy) is 4. The number of phenolic OH excluding ortho intramolecular Hbond substituents is 1. The highest BCUT2D eigenvalue weighted by atomic mass is 16.7. The maximum atomic E-state index is 14.1. The van der Waals surface area contributed by atoms with E-state index in [4.69, 9.17) is 23.9 Å². The number of fused-ring (bicyclic) bond motifs is 5. The maximum absolute atomic E-state index is 14.1. The number of carbonyl (C=O) groups is 5. The van der Waals surface area contributed by atoms with Crippen LogP contribution < -0.4 is 21.5 Å². The average Bonchev–Trinajstić information content (AvgIpc) is 3.52. The molecule has 3 unspecified atom stereocenters. The van der Waals surface area contributed by atoms with Crippen molar-refractivity contribution in [1.82, 2.24) is 25.5 Å². The number of ketones is 1. The summed E-state index contributed by atoms with van der Waals surface area (Å²) in [5.74, 6) is -2.30. The smallest absolute Gasteiger partial charge is 0.508 e. The van der Waals surface area contributed by atoms with Crippen LogP contribution in [0.4, 0.5) is 4.79 Å². The number of unbranched alkanes of at least 4 members (excludes halogenated alkanes) is 1. The second-order valence-corrected chi connectivity index (χ2v) is 14.5. The van der Waals surface area contributed by atoms with Gasteiger partial charge in [0.25, 0.3) is 5.56 Å². The molecule has 2 aliphatic heterocycles. The lowest BCUT2D eigenvalue weighted by Gasteiger charge is -2.35. The summed E-state index contributed by atoms with van der Waals surface area (Å²) in [6.45, 7) is 8.25. The van der Waals surface area contributed by atoms with E-state index in [9.17, 15) is 33.9 Å². The first kappa shape index (κ1) is 41.8. The van der Waals surface area contributed by atoms with Gasteiger partial charge in [0.1, 0.15) is 38.2 Å². The number of carbonyl (C=O) groups excluding carboxylic acids is 5. The van der Waals surface area contributed by atoms with Gasteiger partial charge in [-0.3, -0.25) is 19.2 Å². The Morgan fingerprint density at radius 2 is 1.82 bits per heavy atom. The minimum absolute atomic E-state index is 0.0796. The lowest BCUT2D eigenvalue weighted by atomic mass is 9.85. The number of hydrogen-bond donors (Lipinski definition) is 4. The van der Waals surface area contributed by atoms with Crippen LogP contribution in [0, 0.1) is 5.92 Å².